The third-order valence-electron chi connectivity index (χ3n) is 2.84. The lowest BCUT2D eigenvalue weighted by Gasteiger charge is -2.12. The molecule has 5 heteroatoms. The Labute approximate surface area is 102 Å². The summed E-state index contributed by atoms with van der Waals surface area (Å²) in [5.74, 6) is 2.93. The lowest BCUT2D eigenvalue weighted by atomic mass is 10.1. The number of aromatic nitrogens is 2. The number of hydrogen-bond donors (Lipinski definition) is 2. The van der Waals surface area contributed by atoms with Crippen molar-refractivity contribution in [2.45, 2.75) is 20.3 Å². The van der Waals surface area contributed by atoms with Crippen molar-refractivity contribution in [3.8, 4) is 5.88 Å². The van der Waals surface area contributed by atoms with Gasteiger partial charge in [0, 0.05) is 12.6 Å². The molecule has 1 aliphatic rings. The zero-order valence-corrected chi connectivity index (χ0v) is 10.5. The van der Waals surface area contributed by atoms with Crippen molar-refractivity contribution < 1.29 is 4.74 Å². The molecule has 0 amide bonds. The SMILES string of the molecule is CCOc1cc(NCC2CCNC2)nc(C)n1. The van der Waals surface area contributed by atoms with Gasteiger partial charge in [-0.15, -0.1) is 0 Å². The van der Waals surface area contributed by atoms with Gasteiger partial charge in [-0.2, -0.15) is 4.98 Å². The first kappa shape index (κ1) is 12.1. The van der Waals surface area contributed by atoms with Crippen molar-refractivity contribution in [3.63, 3.8) is 0 Å². The maximum absolute atomic E-state index is 5.40. The van der Waals surface area contributed by atoms with E-state index in [-0.39, 0.29) is 0 Å². The van der Waals surface area contributed by atoms with Crippen molar-refractivity contribution in [1.82, 2.24) is 15.3 Å². The number of rotatable bonds is 5. The van der Waals surface area contributed by atoms with Crippen LogP contribution >= 0.6 is 0 Å². The lowest BCUT2D eigenvalue weighted by Crippen LogP contribution is -2.18. The van der Waals surface area contributed by atoms with E-state index in [1.807, 2.05) is 19.9 Å². The molecule has 0 spiro atoms. The molecule has 17 heavy (non-hydrogen) atoms. The summed E-state index contributed by atoms with van der Waals surface area (Å²) in [5.41, 5.74) is 0. The van der Waals surface area contributed by atoms with Crippen LogP contribution in [0.25, 0.3) is 0 Å². The highest BCUT2D eigenvalue weighted by atomic mass is 16.5. The van der Waals surface area contributed by atoms with Gasteiger partial charge in [0.1, 0.15) is 11.6 Å². The van der Waals surface area contributed by atoms with Crippen LogP contribution in [0.2, 0.25) is 0 Å². The first-order valence-electron chi connectivity index (χ1n) is 6.21. The number of ether oxygens (including phenoxy) is 1. The predicted molar refractivity (Wildman–Crippen MR) is 67.4 cm³/mol. The molecule has 1 atom stereocenters. The zero-order chi connectivity index (χ0) is 12.1. The molecular weight excluding hydrogens is 216 g/mol. The molecule has 1 fully saturated rings. The summed E-state index contributed by atoms with van der Waals surface area (Å²) in [4.78, 5) is 8.57. The summed E-state index contributed by atoms with van der Waals surface area (Å²) < 4.78 is 5.40. The van der Waals surface area contributed by atoms with Gasteiger partial charge in [0.2, 0.25) is 5.88 Å². The standard InChI is InChI=1S/C12H20N4O/c1-3-17-12-6-11(15-9(2)16-12)14-8-10-4-5-13-7-10/h6,10,13H,3-5,7-8H2,1-2H3,(H,14,15,16). The van der Waals surface area contributed by atoms with E-state index < -0.39 is 0 Å². The second-order valence-electron chi connectivity index (χ2n) is 4.31. The van der Waals surface area contributed by atoms with Gasteiger partial charge < -0.3 is 15.4 Å². The van der Waals surface area contributed by atoms with Crippen LogP contribution in [0, 0.1) is 12.8 Å². The second kappa shape index (κ2) is 5.82. The number of nitrogens with zero attached hydrogens (tertiary/aromatic N) is 2. The molecule has 0 aliphatic carbocycles. The van der Waals surface area contributed by atoms with E-state index in [4.69, 9.17) is 4.74 Å². The largest absolute Gasteiger partial charge is 0.478 e. The van der Waals surface area contributed by atoms with Gasteiger partial charge in [0.25, 0.3) is 0 Å². The van der Waals surface area contributed by atoms with Gasteiger partial charge in [0.15, 0.2) is 0 Å². The quantitative estimate of drug-likeness (QED) is 0.804. The summed E-state index contributed by atoms with van der Waals surface area (Å²) in [6, 6.07) is 1.86. The molecule has 2 rings (SSSR count). The highest BCUT2D eigenvalue weighted by Crippen LogP contribution is 2.15. The molecule has 0 saturated carbocycles. The normalized spacial score (nSPS) is 19.3. The first-order chi connectivity index (χ1) is 8.28. The Morgan fingerprint density at radius 3 is 3.12 bits per heavy atom. The summed E-state index contributed by atoms with van der Waals surface area (Å²) in [5, 5.41) is 6.71. The van der Waals surface area contributed by atoms with Crippen molar-refractivity contribution in [2.75, 3.05) is 31.6 Å². The second-order valence-corrected chi connectivity index (χ2v) is 4.31. The summed E-state index contributed by atoms with van der Waals surface area (Å²) in [6.07, 6.45) is 1.23. The van der Waals surface area contributed by atoms with E-state index in [0.29, 0.717) is 18.4 Å². The van der Waals surface area contributed by atoms with Gasteiger partial charge in [-0.05, 0) is 39.3 Å². The average molecular weight is 236 g/mol. The molecule has 0 bridgehead atoms. The Bertz CT molecular complexity index is 364. The van der Waals surface area contributed by atoms with Crippen molar-refractivity contribution >= 4 is 5.82 Å². The van der Waals surface area contributed by atoms with E-state index in [1.165, 1.54) is 6.42 Å². The monoisotopic (exact) mass is 236 g/mol. The smallest absolute Gasteiger partial charge is 0.218 e. The molecule has 1 aromatic heterocycles. The molecule has 94 valence electrons. The Balaban J connectivity index is 1.94. The van der Waals surface area contributed by atoms with E-state index in [2.05, 4.69) is 20.6 Å². The van der Waals surface area contributed by atoms with Gasteiger partial charge in [0.05, 0.1) is 6.61 Å². The Morgan fingerprint density at radius 1 is 1.53 bits per heavy atom. The minimum Gasteiger partial charge on any atom is -0.478 e. The van der Waals surface area contributed by atoms with Crippen LogP contribution in [0.1, 0.15) is 19.2 Å². The van der Waals surface area contributed by atoms with Gasteiger partial charge in [-0.1, -0.05) is 0 Å². The number of nitrogens with one attached hydrogen (secondary N) is 2. The average Bonchev–Trinajstić information content (AvgIpc) is 2.79. The number of aryl methyl sites for hydroxylation is 1. The Morgan fingerprint density at radius 2 is 2.41 bits per heavy atom. The fraction of sp³-hybridized carbons (Fsp3) is 0.667. The van der Waals surface area contributed by atoms with Crippen LogP contribution in [-0.4, -0.2) is 36.2 Å². The molecular formula is C12H20N4O. The van der Waals surface area contributed by atoms with Crippen LogP contribution in [0.3, 0.4) is 0 Å². The van der Waals surface area contributed by atoms with E-state index >= 15 is 0 Å². The molecule has 2 N–H and O–H groups in total. The van der Waals surface area contributed by atoms with E-state index in [0.717, 1.165) is 31.3 Å². The van der Waals surface area contributed by atoms with E-state index in [1.54, 1.807) is 0 Å². The Hall–Kier alpha value is -1.36. The third kappa shape index (κ3) is 3.56. The molecule has 0 radical (unpaired) electrons. The van der Waals surface area contributed by atoms with Crippen molar-refractivity contribution in [2.24, 2.45) is 5.92 Å². The van der Waals surface area contributed by atoms with Gasteiger partial charge in [-0.3, -0.25) is 0 Å². The Kier molecular flexibility index (Phi) is 4.14. The summed E-state index contributed by atoms with van der Waals surface area (Å²) in [6.45, 7) is 7.63. The summed E-state index contributed by atoms with van der Waals surface area (Å²) >= 11 is 0. The fourth-order valence-corrected chi connectivity index (χ4v) is 1.99. The van der Waals surface area contributed by atoms with Crippen LogP contribution in [-0.2, 0) is 0 Å². The lowest BCUT2D eigenvalue weighted by molar-refractivity contribution is 0.325. The molecule has 1 unspecified atom stereocenters. The molecule has 5 nitrogen and oxygen atoms in total. The van der Waals surface area contributed by atoms with Crippen LogP contribution in [0.15, 0.2) is 6.07 Å². The van der Waals surface area contributed by atoms with Gasteiger partial charge in [-0.25, -0.2) is 4.98 Å². The topological polar surface area (TPSA) is 59.1 Å². The third-order valence-corrected chi connectivity index (χ3v) is 2.84. The fourth-order valence-electron chi connectivity index (χ4n) is 1.99. The first-order valence-corrected chi connectivity index (χ1v) is 6.21. The minimum atomic E-state index is 0.627. The highest BCUT2D eigenvalue weighted by molar-refractivity contribution is 5.38. The predicted octanol–water partition coefficient (Wildman–Crippen LogP) is 1.21. The molecule has 1 aromatic rings. The number of hydrogen-bond acceptors (Lipinski definition) is 5. The maximum Gasteiger partial charge on any atom is 0.218 e. The minimum absolute atomic E-state index is 0.627. The van der Waals surface area contributed by atoms with Crippen molar-refractivity contribution in [1.29, 1.82) is 0 Å². The van der Waals surface area contributed by atoms with Crippen molar-refractivity contribution in [3.05, 3.63) is 11.9 Å². The summed E-state index contributed by atoms with van der Waals surface area (Å²) in [7, 11) is 0. The molecule has 2 heterocycles. The highest BCUT2D eigenvalue weighted by Gasteiger charge is 2.14. The zero-order valence-electron chi connectivity index (χ0n) is 10.5. The van der Waals surface area contributed by atoms with Crippen LogP contribution in [0.5, 0.6) is 5.88 Å². The number of anilines is 1. The van der Waals surface area contributed by atoms with E-state index in [9.17, 15) is 0 Å². The molecule has 0 aromatic carbocycles. The van der Waals surface area contributed by atoms with Gasteiger partial charge >= 0.3 is 0 Å². The van der Waals surface area contributed by atoms with Crippen LogP contribution in [0.4, 0.5) is 5.82 Å². The van der Waals surface area contributed by atoms with Crippen LogP contribution < -0.4 is 15.4 Å². The molecule has 1 aliphatic heterocycles. The molecule has 1 saturated heterocycles. The maximum atomic E-state index is 5.40.